The summed E-state index contributed by atoms with van der Waals surface area (Å²) in [7, 11) is 0. The van der Waals surface area contributed by atoms with Crippen LogP contribution in [0.15, 0.2) is 42.9 Å². The first-order valence-corrected chi connectivity index (χ1v) is 8.89. The Morgan fingerprint density at radius 1 is 1.32 bits per heavy atom. The van der Waals surface area contributed by atoms with Crippen molar-refractivity contribution in [1.29, 1.82) is 0 Å². The summed E-state index contributed by atoms with van der Waals surface area (Å²) in [5.41, 5.74) is 0.367. The summed E-state index contributed by atoms with van der Waals surface area (Å²) >= 11 is 0. The second-order valence-electron chi connectivity index (χ2n) is 6.73. The van der Waals surface area contributed by atoms with Crippen LogP contribution in [0.3, 0.4) is 0 Å². The van der Waals surface area contributed by atoms with Crippen LogP contribution in [-0.2, 0) is 6.18 Å². The Hall–Kier alpha value is -3.10. The predicted molar refractivity (Wildman–Crippen MR) is 94.9 cm³/mol. The van der Waals surface area contributed by atoms with Gasteiger partial charge in [0.25, 0.3) is 5.91 Å². The third kappa shape index (κ3) is 3.17. The normalized spacial score (nSPS) is 17.3. The van der Waals surface area contributed by atoms with E-state index >= 15 is 0 Å². The number of hydrogen-bond acceptors (Lipinski definition) is 3. The van der Waals surface area contributed by atoms with Gasteiger partial charge in [0.15, 0.2) is 0 Å². The van der Waals surface area contributed by atoms with Gasteiger partial charge in [0, 0.05) is 18.9 Å². The molecule has 1 aliphatic heterocycles. The zero-order chi connectivity index (χ0) is 19.9. The van der Waals surface area contributed by atoms with E-state index in [1.807, 2.05) is 0 Å². The fourth-order valence-electron chi connectivity index (χ4n) is 3.60. The van der Waals surface area contributed by atoms with Gasteiger partial charge in [-0.25, -0.2) is 9.67 Å². The third-order valence-corrected chi connectivity index (χ3v) is 5.01. The molecule has 9 heteroatoms. The molecule has 2 aromatic heterocycles. The van der Waals surface area contributed by atoms with Gasteiger partial charge in [-0.05, 0) is 38.0 Å². The highest BCUT2D eigenvalue weighted by molar-refractivity contribution is 5.95. The molecule has 1 N–H and O–H groups in total. The highest BCUT2D eigenvalue weighted by Crippen LogP contribution is 2.33. The zero-order valence-corrected chi connectivity index (χ0v) is 15.1. The number of alkyl halides is 3. The first-order valence-electron chi connectivity index (χ1n) is 8.89. The maximum absolute atomic E-state index is 13.1. The number of nitrogens with one attached hydrogen (secondary N) is 1. The molecule has 4 rings (SSSR count). The zero-order valence-electron chi connectivity index (χ0n) is 15.1. The number of likely N-dealkylation sites (tertiary alicyclic amines) is 1. The molecule has 0 bridgehead atoms. The lowest BCUT2D eigenvalue weighted by atomic mass is 10.1. The molecular formula is C19H18F3N5O. The molecule has 28 heavy (non-hydrogen) atoms. The lowest BCUT2D eigenvalue weighted by molar-refractivity contribution is -0.137. The Bertz CT molecular complexity index is 993. The van der Waals surface area contributed by atoms with Gasteiger partial charge < -0.3 is 9.88 Å². The Labute approximate surface area is 159 Å². The summed E-state index contributed by atoms with van der Waals surface area (Å²) in [5.74, 6) is 0.531. The van der Waals surface area contributed by atoms with Crippen molar-refractivity contribution in [3.63, 3.8) is 0 Å². The molecule has 1 aliphatic rings. The molecule has 0 saturated carbocycles. The van der Waals surface area contributed by atoms with Crippen LogP contribution in [0.1, 0.15) is 46.3 Å². The molecule has 146 valence electrons. The second kappa shape index (κ2) is 6.81. The number of amides is 1. The van der Waals surface area contributed by atoms with E-state index in [0.29, 0.717) is 17.8 Å². The highest BCUT2D eigenvalue weighted by atomic mass is 19.4. The van der Waals surface area contributed by atoms with Crippen molar-refractivity contribution in [2.75, 3.05) is 6.54 Å². The van der Waals surface area contributed by atoms with E-state index in [9.17, 15) is 18.0 Å². The van der Waals surface area contributed by atoms with E-state index in [1.54, 1.807) is 24.2 Å². The molecule has 1 amide bonds. The van der Waals surface area contributed by atoms with Gasteiger partial charge in [0.05, 0.1) is 34.7 Å². The number of carbonyl (C=O) groups is 1. The molecule has 1 aromatic carbocycles. The van der Waals surface area contributed by atoms with E-state index in [4.69, 9.17) is 0 Å². The smallest absolute Gasteiger partial charge is 0.347 e. The Morgan fingerprint density at radius 2 is 2.14 bits per heavy atom. The number of H-pyrrole nitrogens is 1. The van der Waals surface area contributed by atoms with Gasteiger partial charge >= 0.3 is 6.18 Å². The Kier molecular flexibility index (Phi) is 4.44. The van der Waals surface area contributed by atoms with Crippen LogP contribution >= 0.6 is 0 Å². The molecule has 3 aromatic rings. The maximum Gasteiger partial charge on any atom is 0.416 e. The molecule has 0 spiro atoms. The van der Waals surface area contributed by atoms with Crippen LogP contribution < -0.4 is 0 Å². The number of halogens is 3. The van der Waals surface area contributed by atoms with Gasteiger partial charge in [0.2, 0.25) is 0 Å². The van der Waals surface area contributed by atoms with Crippen LogP contribution in [-0.4, -0.2) is 37.1 Å². The molecule has 1 unspecified atom stereocenters. The minimum atomic E-state index is -4.44. The largest absolute Gasteiger partial charge is 0.416 e. The molecule has 6 nitrogen and oxygen atoms in total. The fourth-order valence-corrected chi connectivity index (χ4v) is 3.60. The first-order chi connectivity index (χ1) is 13.4. The van der Waals surface area contributed by atoms with Gasteiger partial charge in [0.1, 0.15) is 5.82 Å². The van der Waals surface area contributed by atoms with E-state index in [2.05, 4.69) is 15.1 Å². The first kappa shape index (κ1) is 18.3. The standard InChI is InChI=1S/C19H18F3N5O/c1-12-15(18(28)26-9-3-6-16(26)17-23-7-8-24-17)11-25-27(12)14-5-2-4-13(10-14)19(20,21)22/h2,4-5,7-8,10-11,16H,3,6,9H2,1H3,(H,23,24). The summed E-state index contributed by atoms with van der Waals surface area (Å²) < 4.78 is 40.4. The van der Waals surface area contributed by atoms with Gasteiger partial charge in [-0.2, -0.15) is 18.3 Å². The van der Waals surface area contributed by atoms with Crippen molar-refractivity contribution in [3.8, 4) is 5.69 Å². The van der Waals surface area contributed by atoms with Gasteiger partial charge in [-0.3, -0.25) is 4.79 Å². The number of rotatable bonds is 3. The van der Waals surface area contributed by atoms with Gasteiger partial charge in [-0.1, -0.05) is 6.07 Å². The van der Waals surface area contributed by atoms with Crippen molar-refractivity contribution in [3.05, 3.63) is 65.5 Å². The van der Waals surface area contributed by atoms with E-state index in [-0.39, 0.29) is 17.6 Å². The SMILES string of the molecule is Cc1c(C(=O)N2CCCC2c2ncc[nH]2)cnn1-c1cccc(C(F)(F)F)c1. The maximum atomic E-state index is 13.1. The van der Waals surface area contributed by atoms with E-state index < -0.39 is 11.7 Å². The molecule has 1 atom stereocenters. The summed E-state index contributed by atoms with van der Waals surface area (Å²) in [6.45, 7) is 2.27. The Balaban J connectivity index is 1.65. The van der Waals surface area contributed by atoms with Gasteiger partial charge in [-0.15, -0.1) is 0 Å². The molecule has 3 heterocycles. The number of carbonyl (C=O) groups excluding carboxylic acids is 1. The fraction of sp³-hybridized carbons (Fsp3) is 0.316. The molecule has 1 fully saturated rings. The van der Waals surface area contributed by atoms with Crippen molar-refractivity contribution in [2.24, 2.45) is 0 Å². The number of imidazole rings is 1. The van der Waals surface area contributed by atoms with Crippen LogP contribution in [0, 0.1) is 6.92 Å². The van der Waals surface area contributed by atoms with Crippen LogP contribution in [0.4, 0.5) is 13.2 Å². The van der Waals surface area contributed by atoms with Crippen molar-refractivity contribution < 1.29 is 18.0 Å². The summed E-state index contributed by atoms with van der Waals surface area (Å²) in [6, 6.07) is 4.75. The number of benzene rings is 1. The summed E-state index contributed by atoms with van der Waals surface area (Å²) in [5, 5.41) is 4.17. The second-order valence-corrected chi connectivity index (χ2v) is 6.73. The van der Waals surface area contributed by atoms with E-state index in [1.165, 1.54) is 23.0 Å². The minimum Gasteiger partial charge on any atom is -0.347 e. The number of aromatic nitrogens is 4. The summed E-state index contributed by atoms with van der Waals surface area (Å²) in [4.78, 5) is 22.1. The van der Waals surface area contributed by atoms with Crippen molar-refractivity contribution in [1.82, 2.24) is 24.6 Å². The lowest BCUT2D eigenvalue weighted by Gasteiger charge is -2.23. The monoisotopic (exact) mass is 389 g/mol. The topological polar surface area (TPSA) is 66.8 Å². The van der Waals surface area contributed by atoms with Crippen LogP contribution in [0.5, 0.6) is 0 Å². The Morgan fingerprint density at radius 3 is 2.86 bits per heavy atom. The molecule has 0 aliphatic carbocycles. The van der Waals surface area contributed by atoms with Crippen LogP contribution in [0.2, 0.25) is 0 Å². The highest BCUT2D eigenvalue weighted by Gasteiger charge is 2.34. The van der Waals surface area contributed by atoms with Crippen molar-refractivity contribution >= 4 is 5.91 Å². The molecule has 0 radical (unpaired) electrons. The number of aromatic amines is 1. The number of hydrogen-bond donors (Lipinski definition) is 1. The average molecular weight is 389 g/mol. The lowest BCUT2D eigenvalue weighted by Crippen LogP contribution is -2.31. The minimum absolute atomic E-state index is 0.140. The van der Waals surface area contributed by atoms with Crippen molar-refractivity contribution in [2.45, 2.75) is 32.0 Å². The molecular weight excluding hydrogens is 371 g/mol. The average Bonchev–Trinajstić information content (AvgIpc) is 3.40. The third-order valence-electron chi connectivity index (χ3n) is 5.01. The predicted octanol–water partition coefficient (Wildman–Crippen LogP) is 3.90. The quantitative estimate of drug-likeness (QED) is 0.739. The van der Waals surface area contributed by atoms with Crippen LogP contribution in [0.25, 0.3) is 5.69 Å². The van der Waals surface area contributed by atoms with E-state index in [0.717, 1.165) is 30.8 Å². The number of nitrogens with zero attached hydrogens (tertiary/aromatic N) is 4. The molecule has 1 saturated heterocycles. The summed E-state index contributed by atoms with van der Waals surface area (Å²) in [6.07, 6.45) is 2.00.